The van der Waals surface area contributed by atoms with Crippen molar-refractivity contribution in [3.63, 3.8) is 0 Å². The number of anilines is 1. The van der Waals surface area contributed by atoms with Crippen LogP contribution in [0.1, 0.15) is 66.7 Å². The summed E-state index contributed by atoms with van der Waals surface area (Å²) in [7, 11) is 1.62. The van der Waals surface area contributed by atoms with E-state index in [2.05, 4.69) is 22.8 Å². The highest BCUT2D eigenvalue weighted by molar-refractivity contribution is 6.14. The average molecular weight is 677 g/mol. The van der Waals surface area contributed by atoms with Gasteiger partial charge in [0.05, 0.1) is 24.4 Å². The molecule has 4 aliphatic rings. The molecule has 0 radical (unpaired) electrons. The SMILES string of the molecule is COc1cc2c(cc1OCc1cccc(COc3cc4c(cc3C)C(=O)N3c5ccccc5C[C@H]3C=N4)c1)CC[C@@H]1Cc3cccc[n+]3C1C2=O. The summed E-state index contributed by atoms with van der Waals surface area (Å²) in [6.45, 7) is 2.64. The molecule has 3 aliphatic heterocycles. The molecule has 4 aromatic carbocycles. The van der Waals surface area contributed by atoms with Crippen molar-refractivity contribution in [2.24, 2.45) is 10.9 Å². The predicted molar refractivity (Wildman–Crippen MR) is 194 cm³/mol. The van der Waals surface area contributed by atoms with Crippen molar-refractivity contribution in [2.45, 2.75) is 57.9 Å². The van der Waals surface area contributed by atoms with Crippen molar-refractivity contribution in [1.82, 2.24) is 0 Å². The zero-order valence-corrected chi connectivity index (χ0v) is 28.7. The number of methoxy groups -OCH3 is 1. The lowest BCUT2D eigenvalue weighted by Gasteiger charge is -2.22. The quantitative estimate of drug-likeness (QED) is 0.169. The van der Waals surface area contributed by atoms with E-state index in [0.29, 0.717) is 41.7 Å². The van der Waals surface area contributed by atoms with E-state index in [1.165, 1.54) is 5.69 Å². The fourth-order valence-corrected chi connectivity index (χ4v) is 8.29. The highest BCUT2D eigenvalue weighted by Gasteiger charge is 2.47. The second-order valence-corrected chi connectivity index (χ2v) is 14.0. The number of aromatic nitrogens is 1. The number of hydrogen-bond acceptors (Lipinski definition) is 6. The molecule has 0 fully saturated rings. The molecular formula is C43H38N3O5+. The Hall–Kier alpha value is -5.76. The van der Waals surface area contributed by atoms with Gasteiger partial charge in [0.2, 0.25) is 11.8 Å². The van der Waals surface area contributed by atoms with Crippen LogP contribution in [0.2, 0.25) is 0 Å². The molecule has 254 valence electrons. The molecule has 0 saturated carbocycles. The minimum atomic E-state index is -0.176. The van der Waals surface area contributed by atoms with Crippen LogP contribution in [0, 0.1) is 12.8 Å². The fraction of sp³-hybridized carbons (Fsp3) is 0.256. The molecule has 3 atom stereocenters. The number of benzene rings is 4. The Labute approximate surface area is 296 Å². The normalized spacial score (nSPS) is 19.6. The van der Waals surface area contributed by atoms with Crippen LogP contribution in [0.4, 0.5) is 11.4 Å². The Morgan fingerprint density at radius 3 is 2.45 bits per heavy atom. The number of aliphatic imine (C=N–C) groups is 1. The maximum atomic E-state index is 13.9. The molecule has 1 aliphatic carbocycles. The van der Waals surface area contributed by atoms with Crippen LogP contribution in [-0.2, 0) is 32.5 Å². The van der Waals surface area contributed by atoms with E-state index in [0.717, 1.165) is 64.8 Å². The van der Waals surface area contributed by atoms with Gasteiger partial charge < -0.3 is 14.2 Å². The van der Waals surface area contributed by atoms with Crippen molar-refractivity contribution in [3.05, 3.63) is 142 Å². The van der Waals surface area contributed by atoms with Crippen LogP contribution >= 0.6 is 0 Å². The van der Waals surface area contributed by atoms with Gasteiger partial charge in [-0.1, -0.05) is 42.5 Å². The number of aryl methyl sites for hydroxylation is 2. The van der Waals surface area contributed by atoms with Crippen LogP contribution in [-0.4, -0.2) is 31.1 Å². The number of ketones is 1. The van der Waals surface area contributed by atoms with E-state index in [9.17, 15) is 9.59 Å². The maximum absolute atomic E-state index is 13.9. The number of pyridine rings is 1. The van der Waals surface area contributed by atoms with E-state index < -0.39 is 0 Å². The van der Waals surface area contributed by atoms with Gasteiger partial charge in [0.25, 0.3) is 5.91 Å². The zero-order valence-electron chi connectivity index (χ0n) is 28.7. The molecule has 8 nitrogen and oxygen atoms in total. The second kappa shape index (κ2) is 12.5. The molecule has 8 heteroatoms. The lowest BCUT2D eigenvalue weighted by Crippen LogP contribution is -2.43. The first-order valence-electron chi connectivity index (χ1n) is 17.6. The Kier molecular flexibility index (Phi) is 7.68. The Morgan fingerprint density at radius 1 is 0.804 bits per heavy atom. The topological polar surface area (TPSA) is 81.3 Å². The first-order valence-corrected chi connectivity index (χ1v) is 17.6. The number of carbonyl (C=O) groups is 2. The first kappa shape index (κ1) is 31.2. The lowest BCUT2D eigenvalue weighted by molar-refractivity contribution is -0.705. The summed E-state index contributed by atoms with van der Waals surface area (Å²) in [5, 5.41) is 0. The highest BCUT2D eigenvalue weighted by Crippen LogP contribution is 2.41. The minimum Gasteiger partial charge on any atom is -0.493 e. The van der Waals surface area contributed by atoms with E-state index in [4.69, 9.17) is 19.2 Å². The largest absolute Gasteiger partial charge is 0.493 e. The fourth-order valence-electron chi connectivity index (χ4n) is 8.29. The number of para-hydroxylation sites is 1. The molecule has 0 spiro atoms. The number of rotatable bonds is 7. The van der Waals surface area contributed by atoms with E-state index >= 15 is 0 Å². The number of fused-ring (bicyclic) bond motifs is 8. The van der Waals surface area contributed by atoms with Crippen molar-refractivity contribution in [3.8, 4) is 17.2 Å². The number of hydrogen-bond donors (Lipinski definition) is 0. The van der Waals surface area contributed by atoms with Crippen molar-refractivity contribution in [1.29, 1.82) is 0 Å². The molecule has 0 saturated heterocycles. The molecule has 0 bridgehead atoms. The number of amides is 1. The number of ether oxygens (including phenoxy) is 3. The average Bonchev–Trinajstić information content (AvgIpc) is 3.65. The number of nitrogens with zero attached hydrogens (tertiary/aromatic N) is 3. The van der Waals surface area contributed by atoms with Gasteiger partial charge in [-0.2, -0.15) is 4.57 Å². The molecule has 9 rings (SSSR count). The van der Waals surface area contributed by atoms with Gasteiger partial charge in [0.1, 0.15) is 19.0 Å². The third-order valence-electron chi connectivity index (χ3n) is 10.8. The van der Waals surface area contributed by atoms with Crippen LogP contribution in [0.5, 0.6) is 17.2 Å². The highest BCUT2D eigenvalue weighted by atomic mass is 16.5. The summed E-state index contributed by atoms with van der Waals surface area (Å²) in [5.41, 5.74) is 9.14. The number of carbonyl (C=O) groups excluding carboxylic acids is 2. The summed E-state index contributed by atoms with van der Waals surface area (Å²) < 4.78 is 20.6. The molecule has 1 amide bonds. The minimum absolute atomic E-state index is 0.0372. The van der Waals surface area contributed by atoms with Gasteiger partial charge in [-0.25, -0.2) is 0 Å². The third-order valence-corrected chi connectivity index (χ3v) is 10.8. The van der Waals surface area contributed by atoms with Crippen LogP contribution < -0.4 is 23.7 Å². The van der Waals surface area contributed by atoms with Crippen LogP contribution in [0.15, 0.2) is 102 Å². The Morgan fingerprint density at radius 2 is 1.61 bits per heavy atom. The van der Waals surface area contributed by atoms with Crippen molar-refractivity contribution >= 4 is 29.3 Å². The standard InChI is InChI=1S/C43H38N3O5/c1-26-16-35-36(44-23-33-18-30-10-3-4-12-37(30)46(33)43(35)48)22-38(26)50-24-27-8-7-9-28(17-27)25-51-40-20-29-13-14-31-19-32-11-5-6-15-45(32)41(31)42(47)34(29)21-39(40)49-2/h3-12,15-17,20-23,31,33,41H,13-14,18-19,24-25H2,1-2H3/q+1/t31-,33+,41?/m1/s1. The van der Waals surface area contributed by atoms with E-state index in [-0.39, 0.29) is 29.7 Å². The van der Waals surface area contributed by atoms with Gasteiger partial charge in [-0.15, -0.1) is 0 Å². The summed E-state index contributed by atoms with van der Waals surface area (Å²) in [6, 6.07) is 29.7. The molecule has 1 unspecified atom stereocenters. The Balaban J connectivity index is 0.893. The molecule has 0 N–H and O–H groups in total. The molecule has 4 heterocycles. The molecular weight excluding hydrogens is 638 g/mol. The first-order chi connectivity index (χ1) is 24.9. The van der Waals surface area contributed by atoms with Crippen molar-refractivity contribution < 1.29 is 28.4 Å². The molecule has 1 aromatic heterocycles. The van der Waals surface area contributed by atoms with Crippen LogP contribution in [0.3, 0.4) is 0 Å². The predicted octanol–water partition coefficient (Wildman–Crippen LogP) is 7.28. The van der Waals surface area contributed by atoms with Crippen molar-refractivity contribution in [2.75, 3.05) is 12.0 Å². The van der Waals surface area contributed by atoms with Gasteiger partial charge in [0, 0.05) is 54.4 Å². The molecule has 51 heavy (non-hydrogen) atoms. The maximum Gasteiger partial charge on any atom is 0.261 e. The molecule has 5 aromatic rings. The smallest absolute Gasteiger partial charge is 0.261 e. The lowest BCUT2D eigenvalue weighted by atomic mass is 9.93. The van der Waals surface area contributed by atoms with E-state index in [1.54, 1.807) is 7.11 Å². The third kappa shape index (κ3) is 5.46. The monoisotopic (exact) mass is 676 g/mol. The van der Waals surface area contributed by atoms with Gasteiger partial charge in [-0.3, -0.25) is 19.5 Å². The Bertz CT molecular complexity index is 2260. The zero-order chi connectivity index (χ0) is 34.6. The van der Waals surface area contributed by atoms with Gasteiger partial charge >= 0.3 is 0 Å². The van der Waals surface area contributed by atoms with E-state index in [1.807, 2.05) is 97.0 Å². The summed E-state index contributed by atoms with van der Waals surface area (Å²) >= 11 is 0. The summed E-state index contributed by atoms with van der Waals surface area (Å²) in [4.78, 5) is 34.2. The van der Waals surface area contributed by atoms with Gasteiger partial charge in [-0.05, 0) is 77.9 Å². The second-order valence-electron chi connectivity index (χ2n) is 14.0. The summed E-state index contributed by atoms with van der Waals surface area (Å²) in [5.74, 6) is 2.27. The van der Waals surface area contributed by atoms with Crippen LogP contribution in [0.25, 0.3) is 0 Å². The number of Topliss-reactive ketones (excluding diaryl/α,β-unsaturated/α-hetero) is 1. The summed E-state index contributed by atoms with van der Waals surface area (Å²) in [6.07, 6.45) is 7.35. The van der Waals surface area contributed by atoms with Gasteiger partial charge in [0.15, 0.2) is 23.4 Å².